The van der Waals surface area contributed by atoms with Gasteiger partial charge in [0.05, 0.1) is 0 Å². The molecule has 2 rings (SSSR count). The third kappa shape index (κ3) is 2.91. The van der Waals surface area contributed by atoms with Crippen LogP contribution in [0.2, 0.25) is 0 Å². The van der Waals surface area contributed by atoms with Gasteiger partial charge in [-0.2, -0.15) is 0 Å². The minimum atomic E-state index is 0.209. The average Bonchev–Trinajstić information content (AvgIpc) is 2.42. The summed E-state index contributed by atoms with van der Waals surface area (Å²) in [5.41, 5.74) is 3.33. The molecule has 2 aromatic rings. The summed E-state index contributed by atoms with van der Waals surface area (Å²) in [5, 5.41) is 20.1. The summed E-state index contributed by atoms with van der Waals surface area (Å²) >= 11 is 0. The molecule has 2 heteroatoms. The molecule has 2 nitrogen and oxygen atoms in total. The number of phenolic OH excluding ortho intramolecular Hbond substituents is 2. The van der Waals surface area contributed by atoms with Crippen molar-refractivity contribution >= 4 is 0 Å². The first-order valence-corrected chi connectivity index (χ1v) is 6.51. The van der Waals surface area contributed by atoms with Gasteiger partial charge in [-0.05, 0) is 41.7 Å². The molecule has 0 saturated heterocycles. The van der Waals surface area contributed by atoms with Gasteiger partial charge in [0.1, 0.15) is 11.5 Å². The fraction of sp³-hybridized carbons (Fsp3) is 0.111. The third-order valence-corrected chi connectivity index (χ3v) is 3.20. The molecule has 0 fully saturated rings. The fourth-order valence-corrected chi connectivity index (χ4v) is 2.17. The maximum absolute atomic E-state index is 10.1. The first-order valence-electron chi connectivity index (χ1n) is 6.51. The second-order valence-electron chi connectivity index (χ2n) is 4.68. The molecular weight excluding hydrogens is 248 g/mol. The van der Waals surface area contributed by atoms with E-state index in [-0.39, 0.29) is 11.5 Å². The molecule has 0 spiro atoms. The Hall–Kier alpha value is -2.48. The van der Waals surface area contributed by atoms with E-state index in [2.05, 4.69) is 13.2 Å². The van der Waals surface area contributed by atoms with Crippen LogP contribution in [0.25, 0.3) is 11.1 Å². The van der Waals surface area contributed by atoms with Crippen LogP contribution in [-0.2, 0) is 12.8 Å². The molecule has 102 valence electrons. The zero-order valence-electron chi connectivity index (χ0n) is 11.3. The summed E-state index contributed by atoms with van der Waals surface area (Å²) in [4.78, 5) is 0. The van der Waals surface area contributed by atoms with Crippen LogP contribution >= 0.6 is 0 Å². The second-order valence-corrected chi connectivity index (χ2v) is 4.68. The third-order valence-electron chi connectivity index (χ3n) is 3.20. The Bertz CT molecular complexity index is 642. The molecule has 0 aliphatic carbocycles. The quantitative estimate of drug-likeness (QED) is 0.795. The van der Waals surface area contributed by atoms with Crippen molar-refractivity contribution in [3.8, 4) is 22.6 Å². The van der Waals surface area contributed by atoms with Crippen LogP contribution in [0.4, 0.5) is 0 Å². The standard InChI is InChI=1S/C18H18O2/c1-3-5-13-7-10-16(18(20)11-13)15-9-8-14(6-4-2)17(19)12-15/h3-4,7-12,19-20H,1-2,5-6H2. The van der Waals surface area contributed by atoms with Crippen molar-refractivity contribution < 1.29 is 10.2 Å². The molecule has 0 aliphatic heterocycles. The Kier molecular flexibility index (Phi) is 4.26. The molecule has 0 atom stereocenters. The summed E-state index contributed by atoms with van der Waals surface area (Å²) in [7, 11) is 0. The highest BCUT2D eigenvalue weighted by molar-refractivity contribution is 5.72. The van der Waals surface area contributed by atoms with Crippen LogP contribution in [0, 0.1) is 0 Å². The maximum Gasteiger partial charge on any atom is 0.123 e. The SMILES string of the molecule is C=CCc1ccc(-c2ccc(CC=C)c(O)c2)c(O)c1. The van der Waals surface area contributed by atoms with Crippen molar-refractivity contribution in [3.05, 3.63) is 72.8 Å². The average molecular weight is 266 g/mol. The molecule has 0 bridgehead atoms. The Labute approximate surface area is 119 Å². The minimum Gasteiger partial charge on any atom is -0.508 e. The van der Waals surface area contributed by atoms with E-state index in [0.29, 0.717) is 12.0 Å². The van der Waals surface area contributed by atoms with E-state index in [1.807, 2.05) is 24.3 Å². The highest BCUT2D eigenvalue weighted by Crippen LogP contribution is 2.33. The summed E-state index contributed by atoms with van der Waals surface area (Å²) < 4.78 is 0. The first kappa shape index (κ1) is 13.9. The first-order chi connectivity index (χ1) is 9.65. The van der Waals surface area contributed by atoms with Crippen LogP contribution in [-0.4, -0.2) is 10.2 Å². The number of phenols is 2. The van der Waals surface area contributed by atoms with Gasteiger partial charge >= 0.3 is 0 Å². The van der Waals surface area contributed by atoms with Gasteiger partial charge in [0.2, 0.25) is 0 Å². The molecule has 2 aromatic carbocycles. The molecule has 0 amide bonds. The van der Waals surface area contributed by atoms with Crippen molar-refractivity contribution in [2.24, 2.45) is 0 Å². The van der Waals surface area contributed by atoms with Gasteiger partial charge < -0.3 is 10.2 Å². The predicted molar refractivity (Wildman–Crippen MR) is 83.0 cm³/mol. The topological polar surface area (TPSA) is 40.5 Å². The van der Waals surface area contributed by atoms with Crippen LogP contribution in [0.5, 0.6) is 11.5 Å². The lowest BCUT2D eigenvalue weighted by Crippen LogP contribution is -1.87. The van der Waals surface area contributed by atoms with Gasteiger partial charge in [0, 0.05) is 5.56 Å². The smallest absolute Gasteiger partial charge is 0.123 e. The van der Waals surface area contributed by atoms with Crippen LogP contribution in [0.1, 0.15) is 11.1 Å². The van der Waals surface area contributed by atoms with Gasteiger partial charge in [0.15, 0.2) is 0 Å². The summed E-state index contributed by atoms with van der Waals surface area (Å²) in [5.74, 6) is 0.428. The molecule has 0 aliphatic rings. The molecule has 0 saturated carbocycles. The van der Waals surface area contributed by atoms with Crippen molar-refractivity contribution in [2.45, 2.75) is 12.8 Å². The van der Waals surface area contributed by atoms with E-state index < -0.39 is 0 Å². The molecule has 0 heterocycles. The van der Waals surface area contributed by atoms with Crippen molar-refractivity contribution in [2.75, 3.05) is 0 Å². The highest BCUT2D eigenvalue weighted by atomic mass is 16.3. The predicted octanol–water partition coefficient (Wildman–Crippen LogP) is 4.22. The second kappa shape index (κ2) is 6.11. The van der Waals surface area contributed by atoms with Crippen LogP contribution < -0.4 is 0 Å². The van der Waals surface area contributed by atoms with Crippen molar-refractivity contribution in [1.29, 1.82) is 0 Å². The zero-order chi connectivity index (χ0) is 14.5. The number of hydrogen-bond donors (Lipinski definition) is 2. The lowest BCUT2D eigenvalue weighted by Gasteiger charge is -2.09. The van der Waals surface area contributed by atoms with E-state index >= 15 is 0 Å². The van der Waals surface area contributed by atoms with E-state index in [1.165, 1.54) is 0 Å². The van der Waals surface area contributed by atoms with Gasteiger partial charge in [-0.25, -0.2) is 0 Å². The van der Waals surface area contributed by atoms with E-state index in [1.54, 1.807) is 24.3 Å². The fourth-order valence-electron chi connectivity index (χ4n) is 2.17. The van der Waals surface area contributed by atoms with Crippen LogP contribution in [0.15, 0.2) is 61.7 Å². The Morgan fingerprint density at radius 3 is 2.20 bits per heavy atom. The molecular formula is C18H18O2. The maximum atomic E-state index is 10.1. The zero-order valence-corrected chi connectivity index (χ0v) is 11.3. The number of rotatable bonds is 5. The van der Waals surface area contributed by atoms with Crippen LogP contribution in [0.3, 0.4) is 0 Å². The molecule has 20 heavy (non-hydrogen) atoms. The minimum absolute atomic E-state index is 0.209. The van der Waals surface area contributed by atoms with E-state index in [4.69, 9.17) is 0 Å². The molecule has 0 aromatic heterocycles. The summed E-state index contributed by atoms with van der Waals surface area (Å²) in [6.07, 6.45) is 4.88. The Balaban J connectivity index is 2.38. The number of aromatic hydroxyl groups is 2. The lowest BCUT2D eigenvalue weighted by atomic mass is 9.99. The van der Waals surface area contributed by atoms with Crippen molar-refractivity contribution in [1.82, 2.24) is 0 Å². The summed E-state index contributed by atoms with van der Waals surface area (Å²) in [6, 6.07) is 10.9. The highest BCUT2D eigenvalue weighted by Gasteiger charge is 2.08. The Morgan fingerprint density at radius 1 is 0.850 bits per heavy atom. The lowest BCUT2D eigenvalue weighted by molar-refractivity contribution is 0.469. The number of hydrogen-bond acceptors (Lipinski definition) is 2. The van der Waals surface area contributed by atoms with Gasteiger partial charge in [0.25, 0.3) is 0 Å². The van der Waals surface area contributed by atoms with Gasteiger partial charge in [-0.3, -0.25) is 0 Å². The van der Waals surface area contributed by atoms with E-state index in [0.717, 1.165) is 23.1 Å². The summed E-state index contributed by atoms with van der Waals surface area (Å²) in [6.45, 7) is 7.34. The number of benzene rings is 2. The molecule has 0 unspecified atom stereocenters. The normalized spacial score (nSPS) is 10.2. The number of allylic oxidation sites excluding steroid dienone is 2. The monoisotopic (exact) mass is 266 g/mol. The van der Waals surface area contributed by atoms with E-state index in [9.17, 15) is 10.2 Å². The Morgan fingerprint density at radius 2 is 1.60 bits per heavy atom. The molecule has 2 N–H and O–H groups in total. The largest absolute Gasteiger partial charge is 0.508 e. The molecule has 0 radical (unpaired) electrons. The van der Waals surface area contributed by atoms with Gasteiger partial charge in [-0.1, -0.05) is 36.4 Å². The van der Waals surface area contributed by atoms with Gasteiger partial charge in [-0.15, -0.1) is 13.2 Å². The van der Waals surface area contributed by atoms with Crippen molar-refractivity contribution in [3.63, 3.8) is 0 Å².